The summed E-state index contributed by atoms with van der Waals surface area (Å²) in [6.07, 6.45) is 1.73. The van der Waals surface area contributed by atoms with Crippen LogP contribution in [0.15, 0.2) is 24.5 Å². The average Bonchev–Trinajstić information content (AvgIpc) is 2.61. The molecule has 2 N–H and O–H groups in total. The number of rotatable bonds is 3. The van der Waals surface area contributed by atoms with E-state index in [1.807, 2.05) is 4.57 Å². The third-order valence-corrected chi connectivity index (χ3v) is 3.27. The van der Waals surface area contributed by atoms with Gasteiger partial charge in [0.15, 0.2) is 0 Å². The van der Waals surface area contributed by atoms with Crippen LogP contribution in [0.1, 0.15) is 13.8 Å². The standard InChI is InChI=1S/C13H15Cl2N3/c1-8(2)6-18-7-17-12(13(18)16)11-9(14)4-3-5-10(11)15/h3-5,7-8H,6,16H2,1-2H3. The van der Waals surface area contributed by atoms with Crippen molar-refractivity contribution in [3.8, 4) is 11.3 Å². The molecule has 0 saturated heterocycles. The lowest BCUT2D eigenvalue weighted by atomic mass is 10.1. The molecular weight excluding hydrogens is 269 g/mol. The molecule has 0 aliphatic carbocycles. The maximum absolute atomic E-state index is 6.16. The third kappa shape index (κ3) is 2.47. The highest BCUT2D eigenvalue weighted by molar-refractivity contribution is 6.39. The number of hydrogen-bond donors (Lipinski definition) is 1. The van der Waals surface area contributed by atoms with E-state index in [9.17, 15) is 0 Å². The van der Waals surface area contributed by atoms with Gasteiger partial charge in [-0.1, -0.05) is 43.1 Å². The Kier molecular flexibility index (Phi) is 3.83. The van der Waals surface area contributed by atoms with E-state index < -0.39 is 0 Å². The van der Waals surface area contributed by atoms with Gasteiger partial charge in [0.1, 0.15) is 11.5 Å². The van der Waals surface area contributed by atoms with Gasteiger partial charge in [0.05, 0.1) is 16.4 Å². The van der Waals surface area contributed by atoms with E-state index >= 15 is 0 Å². The summed E-state index contributed by atoms with van der Waals surface area (Å²) >= 11 is 12.3. The molecule has 0 radical (unpaired) electrons. The molecule has 0 atom stereocenters. The van der Waals surface area contributed by atoms with Crippen LogP contribution in [-0.4, -0.2) is 9.55 Å². The van der Waals surface area contributed by atoms with Crippen molar-refractivity contribution in [3.63, 3.8) is 0 Å². The topological polar surface area (TPSA) is 43.8 Å². The molecule has 3 nitrogen and oxygen atoms in total. The second kappa shape index (κ2) is 5.21. The fourth-order valence-corrected chi connectivity index (χ4v) is 2.42. The second-order valence-corrected chi connectivity index (χ2v) is 5.44. The molecule has 96 valence electrons. The van der Waals surface area contributed by atoms with Crippen molar-refractivity contribution in [2.45, 2.75) is 20.4 Å². The van der Waals surface area contributed by atoms with Crippen LogP contribution in [0.3, 0.4) is 0 Å². The van der Waals surface area contributed by atoms with Crippen molar-refractivity contribution in [2.24, 2.45) is 5.92 Å². The highest BCUT2D eigenvalue weighted by Crippen LogP contribution is 2.36. The van der Waals surface area contributed by atoms with E-state index in [4.69, 9.17) is 28.9 Å². The molecule has 0 saturated carbocycles. The molecule has 1 heterocycles. The average molecular weight is 284 g/mol. The Hall–Kier alpha value is -1.19. The van der Waals surface area contributed by atoms with Gasteiger partial charge in [-0.3, -0.25) is 0 Å². The number of hydrogen-bond acceptors (Lipinski definition) is 2. The first-order valence-corrected chi connectivity index (χ1v) is 6.51. The van der Waals surface area contributed by atoms with Crippen LogP contribution in [0.4, 0.5) is 5.82 Å². The van der Waals surface area contributed by atoms with E-state index in [2.05, 4.69) is 18.8 Å². The fourth-order valence-electron chi connectivity index (χ4n) is 1.85. The number of nitrogens with two attached hydrogens (primary N) is 1. The molecule has 0 fully saturated rings. The zero-order valence-electron chi connectivity index (χ0n) is 10.3. The van der Waals surface area contributed by atoms with Crippen molar-refractivity contribution >= 4 is 29.0 Å². The van der Waals surface area contributed by atoms with Crippen LogP contribution >= 0.6 is 23.2 Å². The summed E-state index contributed by atoms with van der Waals surface area (Å²) < 4.78 is 1.92. The minimum Gasteiger partial charge on any atom is -0.383 e. The second-order valence-electron chi connectivity index (χ2n) is 4.62. The molecule has 1 aromatic heterocycles. The van der Waals surface area contributed by atoms with Gasteiger partial charge in [-0.15, -0.1) is 0 Å². The maximum Gasteiger partial charge on any atom is 0.131 e. The Balaban J connectivity index is 2.49. The van der Waals surface area contributed by atoms with E-state index in [0.717, 1.165) is 6.54 Å². The molecule has 0 spiro atoms. The monoisotopic (exact) mass is 283 g/mol. The van der Waals surface area contributed by atoms with Crippen LogP contribution in [0, 0.1) is 5.92 Å². The molecule has 0 aliphatic heterocycles. The first kappa shape index (κ1) is 13.2. The number of halogens is 2. The first-order valence-electron chi connectivity index (χ1n) is 5.75. The van der Waals surface area contributed by atoms with Gasteiger partial charge in [-0.25, -0.2) is 4.98 Å². The van der Waals surface area contributed by atoms with Crippen LogP contribution in [0.25, 0.3) is 11.3 Å². The normalized spacial score (nSPS) is 11.2. The molecule has 5 heteroatoms. The smallest absolute Gasteiger partial charge is 0.131 e. The lowest BCUT2D eigenvalue weighted by Gasteiger charge is -2.09. The lowest BCUT2D eigenvalue weighted by Crippen LogP contribution is -2.06. The molecule has 18 heavy (non-hydrogen) atoms. The minimum atomic E-state index is 0.496. The van der Waals surface area contributed by atoms with Gasteiger partial charge in [-0.05, 0) is 18.1 Å². The van der Waals surface area contributed by atoms with Crippen molar-refractivity contribution in [1.29, 1.82) is 0 Å². The zero-order valence-corrected chi connectivity index (χ0v) is 11.8. The Morgan fingerprint density at radius 2 is 1.89 bits per heavy atom. The molecule has 0 unspecified atom stereocenters. The number of imidazole rings is 1. The Morgan fingerprint density at radius 1 is 1.28 bits per heavy atom. The van der Waals surface area contributed by atoms with E-state index in [1.165, 1.54) is 0 Å². The number of nitrogens with zero attached hydrogens (tertiary/aromatic N) is 2. The number of benzene rings is 1. The van der Waals surface area contributed by atoms with Gasteiger partial charge in [-0.2, -0.15) is 0 Å². The molecule has 0 bridgehead atoms. The Morgan fingerprint density at radius 3 is 2.44 bits per heavy atom. The highest BCUT2D eigenvalue weighted by Gasteiger charge is 2.16. The maximum atomic E-state index is 6.16. The summed E-state index contributed by atoms with van der Waals surface area (Å²) in [6.45, 7) is 5.07. The third-order valence-electron chi connectivity index (χ3n) is 2.64. The zero-order chi connectivity index (χ0) is 13.3. The summed E-state index contributed by atoms with van der Waals surface area (Å²) in [5.74, 6) is 1.09. The van der Waals surface area contributed by atoms with Crippen molar-refractivity contribution in [1.82, 2.24) is 9.55 Å². The van der Waals surface area contributed by atoms with Crippen molar-refractivity contribution in [3.05, 3.63) is 34.6 Å². The van der Waals surface area contributed by atoms with Gasteiger partial charge in [0.25, 0.3) is 0 Å². The van der Waals surface area contributed by atoms with Crippen molar-refractivity contribution < 1.29 is 0 Å². The van der Waals surface area contributed by atoms with Crippen LogP contribution in [-0.2, 0) is 6.54 Å². The minimum absolute atomic E-state index is 0.496. The van der Waals surface area contributed by atoms with Crippen molar-refractivity contribution in [2.75, 3.05) is 5.73 Å². The summed E-state index contributed by atoms with van der Waals surface area (Å²) in [6, 6.07) is 5.36. The molecular formula is C13H15Cl2N3. The largest absolute Gasteiger partial charge is 0.383 e. The van der Waals surface area contributed by atoms with E-state index in [-0.39, 0.29) is 0 Å². The number of aromatic nitrogens is 2. The summed E-state index contributed by atoms with van der Waals surface area (Å²) in [4.78, 5) is 4.33. The first-order chi connectivity index (χ1) is 8.50. The highest BCUT2D eigenvalue weighted by atomic mass is 35.5. The Labute approximate surface area is 117 Å². The molecule has 2 rings (SSSR count). The SMILES string of the molecule is CC(C)Cn1cnc(-c2c(Cl)cccc2Cl)c1N. The molecule has 2 aromatic rings. The predicted molar refractivity (Wildman–Crippen MR) is 76.9 cm³/mol. The molecule has 1 aromatic carbocycles. The van der Waals surface area contributed by atoms with E-state index in [1.54, 1.807) is 24.5 Å². The fraction of sp³-hybridized carbons (Fsp3) is 0.308. The quantitative estimate of drug-likeness (QED) is 0.922. The van der Waals surface area contributed by atoms with Gasteiger partial charge < -0.3 is 10.3 Å². The summed E-state index contributed by atoms with van der Waals surface area (Å²) in [5, 5.41) is 1.12. The van der Waals surface area contributed by atoms with Crippen LogP contribution in [0.5, 0.6) is 0 Å². The molecule has 0 aliphatic rings. The number of anilines is 1. The lowest BCUT2D eigenvalue weighted by molar-refractivity contribution is 0.527. The summed E-state index contributed by atoms with van der Waals surface area (Å²) in [7, 11) is 0. The van der Waals surface area contributed by atoms with Crippen LogP contribution < -0.4 is 5.73 Å². The Bertz CT molecular complexity index is 541. The number of nitrogen functional groups attached to an aromatic ring is 1. The predicted octanol–water partition coefficient (Wildman–Crippen LogP) is 4.10. The van der Waals surface area contributed by atoms with Gasteiger partial charge in [0, 0.05) is 12.1 Å². The molecule has 0 amide bonds. The van der Waals surface area contributed by atoms with Gasteiger partial charge >= 0.3 is 0 Å². The summed E-state index contributed by atoms with van der Waals surface area (Å²) in [5.41, 5.74) is 7.44. The van der Waals surface area contributed by atoms with Gasteiger partial charge in [0.2, 0.25) is 0 Å². The van der Waals surface area contributed by atoms with Crippen LogP contribution in [0.2, 0.25) is 10.0 Å². The van der Waals surface area contributed by atoms with E-state index in [0.29, 0.717) is 33.0 Å².